The van der Waals surface area contributed by atoms with E-state index in [1.54, 1.807) is 5.41 Å². The van der Waals surface area contributed by atoms with Gasteiger partial charge in [-0.2, -0.15) is 0 Å². The van der Waals surface area contributed by atoms with Crippen molar-refractivity contribution in [2.45, 2.75) is 15.7 Å². The van der Waals surface area contributed by atoms with E-state index in [2.05, 4.69) is 0 Å². The van der Waals surface area contributed by atoms with Gasteiger partial charge < -0.3 is 0 Å². The van der Waals surface area contributed by atoms with E-state index >= 15 is 0 Å². The van der Waals surface area contributed by atoms with Crippen molar-refractivity contribution in [1.82, 2.24) is 0 Å². The molecule has 0 N–H and O–H groups in total. The Kier molecular flexibility index (Phi) is 1.31. The monoisotopic (exact) mass is 200 g/mol. The van der Waals surface area contributed by atoms with Crippen LogP contribution in [-0.4, -0.2) is 24.2 Å². The van der Waals surface area contributed by atoms with Crippen LogP contribution in [0.4, 0.5) is 0 Å². The van der Waals surface area contributed by atoms with Crippen molar-refractivity contribution in [3.8, 4) is 0 Å². The fourth-order valence-electron chi connectivity index (χ4n) is 2.25. The minimum atomic E-state index is -0.873. The highest BCUT2D eigenvalue weighted by atomic mass is 32.2. The first kappa shape index (κ1) is 7.21. The summed E-state index contributed by atoms with van der Waals surface area (Å²) < 4.78 is 23.1. The highest BCUT2D eigenvalue weighted by molar-refractivity contribution is 7.93. The summed E-state index contributed by atoms with van der Waals surface area (Å²) in [5, 5.41) is 2.11. The van der Waals surface area contributed by atoms with Gasteiger partial charge in [0.2, 0.25) is 0 Å². The van der Waals surface area contributed by atoms with Gasteiger partial charge in [-0.05, 0) is 5.41 Å². The molecule has 0 amide bonds. The summed E-state index contributed by atoms with van der Waals surface area (Å²) in [4.78, 5) is 0. The number of allylic oxidation sites excluding steroid dienone is 1. The summed E-state index contributed by atoms with van der Waals surface area (Å²) in [6.07, 6.45) is 5.98. The maximum atomic E-state index is 11.6. The lowest BCUT2D eigenvalue weighted by molar-refractivity contribution is 0.632. The molecule has 0 aromatic rings. The van der Waals surface area contributed by atoms with Gasteiger partial charge in [0.25, 0.3) is 0 Å². The molecule has 0 aromatic heterocycles. The topological polar surface area (TPSA) is 34.1 Å². The van der Waals surface area contributed by atoms with E-state index < -0.39 is 21.6 Å². The van der Waals surface area contributed by atoms with E-state index in [1.165, 1.54) is 0 Å². The van der Waals surface area contributed by atoms with Crippen molar-refractivity contribution in [2.24, 2.45) is 5.92 Å². The van der Waals surface area contributed by atoms with Crippen molar-refractivity contribution in [3.63, 3.8) is 0 Å². The van der Waals surface area contributed by atoms with E-state index in [0.29, 0.717) is 5.92 Å². The first-order chi connectivity index (χ1) is 5.79. The minimum absolute atomic E-state index is 0.0656. The first-order valence-corrected chi connectivity index (χ1v) is 6.50. The molecule has 3 rings (SSSR count). The average Bonchev–Trinajstić information content (AvgIpc) is 2.66. The van der Waals surface area contributed by atoms with E-state index in [4.69, 9.17) is 0 Å². The quantitative estimate of drug-likeness (QED) is 0.528. The summed E-state index contributed by atoms with van der Waals surface area (Å²) >= 11 is 0. The third-order valence-electron chi connectivity index (χ3n) is 2.81. The van der Waals surface area contributed by atoms with Crippen LogP contribution >= 0.6 is 0 Å². The molecule has 0 saturated carbocycles. The highest BCUT2D eigenvalue weighted by Crippen LogP contribution is 2.43. The van der Waals surface area contributed by atoms with Crippen molar-refractivity contribution in [1.29, 1.82) is 0 Å². The predicted octanol–water partition coefficient (Wildman–Crippen LogP) is 0.317. The van der Waals surface area contributed by atoms with Crippen LogP contribution in [0.3, 0.4) is 0 Å². The second-order valence-corrected chi connectivity index (χ2v) is 6.56. The summed E-state index contributed by atoms with van der Waals surface area (Å²) in [6.45, 7) is 0. The number of hydrogen-bond acceptors (Lipinski definition) is 2. The fraction of sp³-hybridized carbons (Fsp3) is 0.500. The minimum Gasteiger partial charge on any atom is -0.258 e. The maximum Gasteiger partial charge on any atom is 0.0687 e. The van der Waals surface area contributed by atoms with Gasteiger partial charge in [0.05, 0.1) is 26.5 Å². The first-order valence-electron chi connectivity index (χ1n) is 3.94. The van der Waals surface area contributed by atoms with Crippen molar-refractivity contribution in [2.75, 3.05) is 0 Å². The largest absolute Gasteiger partial charge is 0.258 e. The summed E-state index contributed by atoms with van der Waals surface area (Å²) in [7, 11) is -1.66. The summed E-state index contributed by atoms with van der Waals surface area (Å²) in [5.41, 5.74) is 0. The zero-order chi connectivity index (χ0) is 8.29. The second-order valence-electron chi connectivity index (χ2n) is 3.34. The van der Waals surface area contributed by atoms with E-state index in [-0.39, 0.29) is 15.7 Å². The molecular formula is C8H8O2S2. The second kappa shape index (κ2) is 2.17. The van der Waals surface area contributed by atoms with Crippen LogP contribution in [0.1, 0.15) is 0 Å². The molecule has 2 bridgehead atoms. The Morgan fingerprint density at radius 3 is 2.50 bits per heavy atom. The molecule has 1 fully saturated rings. The van der Waals surface area contributed by atoms with E-state index in [9.17, 15) is 8.42 Å². The standard InChI is InChI=1S/C8H8O2S2/c9-11-4-3-5-6-1-2-7(8(5)11)12(6)10/h1-8H/t5-,6?,7-,8-,11+,12?/m0/s1. The SMILES string of the molecule is O=S1C2C=C[C@H]1[C@@H]1[C@H]2C=C[S@]1=O. The molecule has 64 valence electrons. The molecule has 3 heterocycles. The van der Waals surface area contributed by atoms with Crippen LogP contribution in [0.5, 0.6) is 0 Å². The van der Waals surface area contributed by atoms with Crippen molar-refractivity contribution < 1.29 is 8.42 Å². The number of rotatable bonds is 0. The average molecular weight is 200 g/mol. The molecular weight excluding hydrogens is 192 g/mol. The summed E-state index contributed by atoms with van der Waals surface area (Å²) in [5.74, 6) is 0.293. The Hall–Kier alpha value is -0.220. The maximum absolute atomic E-state index is 11.6. The van der Waals surface area contributed by atoms with Crippen molar-refractivity contribution >= 4 is 21.6 Å². The van der Waals surface area contributed by atoms with Crippen LogP contribution in [-0.2, 0) is 21.6 Å². The molecule has 4 heteroatoms. The normalized spacial score (nSPS) is 59.7. The Bertz CT molecular complexity index is 345. The smallest absolute Gasteiger partial charge is 0.0687 e. The molecule has 3 aliphatic heterocycles. The van der Waals surface area contributed by atoms with Crippen LogP contribution in [0, 0.1) is 5.92 Å². The molecule has 2 nitrogen and oxygen atoms in total. The van der Waals surface area contributed by atoms with Crippen LogP contribution in [0.25, 0.3) is 0 Å². The Balaban J connectivity index is 2.13. The Morgan fingerprint density at radius 2 is 1.75 bits per heavy atom. The number of hydrogen-bond donors (Lipinski definition) is 0. The molecule has 2 unspecified atom stereocenters. The van der Waals surface area contributed by atoms with Gasteiger partial charge in [-0.3, -0.25) is 8.42 Å². The van der Waals surface area contributed by atoms with Gasteiger partial charge in [0.1, 0.15) is 0 Å². The van der Waals surface area contributed by atoms with E-state index in [0.717, 1.165) is 0 Å². The molecule has 0 spiro atoms. The lowest BCUT2D eigenvalue weighted by atomic mass is 9.94. The lowest BCUT2D eigenvalue weighted by Crippen LogP contribution is -2.27. The molecule has 0 aromatic carbocycles. The van der Waals surface area contributed by atoms with Crippen LogP contribution in [0.15, 0.2) is 23.6 Å². The van der Waals surface area contributed by atoms with Crippen molar-refractivity contribution in [3.05, 3.63) is 23.6 Å². The Labute approximate surface area is 75.6 Å². The highest BCUT2D eigenvalue weighted by Gasteiger charge is 2.53. The van der Waals surface area contributed by atoms with Gasteiger partial charge in [0.15, 0.2) is 0 Å². The molecule has 0 radical (unpaired) electrons. The zero-order valence-corrected chi connectivity index (χ0v) is 7.88. The third kappa shape index (κ3) is 0.661. The lowest BCUT2D eigenvalue weighted by Gasteiger charge is -2.15. The molecule has 3 aliphatic rings. The van der Waals surface area contributed by atoms with Gasteiger partial charge >= 0.3 is 0 Å². The van der Waals surface area contributed by atoms with E-state index in [1.807, 2.05) is 18.2 Å². The van der Waals surface area contributed by atoms with Gasteiger partial charge in [-0.1, -0.05) is 18.2 Å². The fourth-order valence-corrected chi connectivity index (χ4v) is 6.32. The third-order valence-corrected chi connectivity index (χ3v) is 6.55. The predicted molar refractivity (Wildman–Crippen MR) is 49.4 cm³/mol. The number of fused-ring (bicyclic) bond motifs is 5. The van der Waals surface area contributed by atoms with Crippen LogP contribution < -0.4 is 0 Å². The van der Waals surface area contributed by atoms with Gasteiger partial charge in [0, 0.05) is 16.7 Å². The van der Waals surface area contributed by atoms with Gasteiger partial charge in [-0.15, -0.1) is 0 Å². The van der Waals surface area contributed by atoms with Crippen LogP contribution in [0.2, 0.25) is 0 Å². The Morgan fingerprint density at radius 1 is 1.00 bits per heavy atom. The summed E-state index contributed by atoms with van der Waals surface area (Å²) in [6, 6.07) is 0. The van der Waals surface area contributed by atoms with Gasteiger partial charge in [-0.25, -0.2) is 0 Å². The zero-order valence-electron chi connectivity index (χ0n) is 6.25. The molecule has 0 aliphatic carbocycles. The molecule has 12 heavy (non-hydrogen) atoms. The molecule has 1 saturated heterocycles. The molecule has 6 atom stereocenters.